The molecule has 78 valence electrons. The predicted molar refractivity (Wildman–Crippen MR) is 58.0 cm³/mol. The molecule has 0 aliphatic carbocycles. The van der Waals surface area contributed by atoms with Crippen molar-refractivity contribution in [2.75, 3.05) is 0 Å². The van der Waals surface area contributed by atoms with Gasteiger partial charge >= 0.3 is 0 Å². The fourth-order valence-corrected chi connectivity index (χ4v) is 2.08. The van der Waals surface area contributed by atoms with Crippen LogP contribution in [0.1, 0.15) is 16.1 Å². The number of aromatic nitrogens is 1. The number of carbonyl (C=O) groups is 1. The van der Waals surface area contributed by atoms with Gasteiger partial charge in [-0.05, 0) is 24.6 Å². The lowest BCUT2D eigenvalue weighted by Crippen LogP contribution is -1.96. The lowest BCUT2D eigenvalue weighted by atomic mass is 10.1. The number of carbonyl (C=O) groups excluding carboxylic acids is 1. The first-order chi connectivity index (χ1) is 7.06. The maximum absolute atomic E-state index is 13.6. The molecule has 0 atom stereocenters. The zero-order chi connectivity index (χ0) is 11.2. The summed E-state index contributed by atoms with van der Waals surface area (Å²) in [5, 5.41) is 1.02. The largest absolute Gasteiger partial charge is 0.339 e. The average Bonchev–Trinajstić information content (AvgIpc) is 2.39. The van der Waals surface area contributed by atoms with Crippen LogP contribution in [0.15, 0.2) is 12.1 Å². The fraction of sp³-hybridized carbons (Fsp3) is 0.182. The van der Waals surface area contributed by atoms with Gasteiger partial charge in [-0.1, -0.05) is 11.6 Å². The summed E-state index contributed by atoms with van der Waals surface area (Å²) >= 11 is 5.76. The highest BCUT2D eigenvalue weighted by Gasteiger charge is 2.15. The third-order valence-corrected chi connectivity index (χ3v) is 2.84. The first-order valence-corrected chi connectivity index (χ1v) is 4.83. The predicted octanol–water partition coefficient (Wildman–Crippen LogP) is 3.09. The van der Waals surface area contributed by atoms with Gasteiger partial charge < -0.3 is 4.57 Å². The number of fused-ring (bicyclic) bond motifs is 1. The van der Waals surface area contributed by atoms with Gasteiger partial charge in [-0.2, -0.15) is 0 Å². The van der Waals surface area contributed by atoms with Crippen LogP contribution in [-0.2, 0) is 7.05 Å². The summed E-state index contributed by atoms with van der Waals surface area (Å²) in [6.07, 6.45) is 0.725. The van der Waals surface area contributed by atoms with Crippen molar-refractivity contribution >= 4 is 28.8 Å². The zero-order valence-electron chi connectivity index (χ0n) is 8.34. The molecule has 0 radical (unpaired) electrons. The normalized spacial score (nSPS) is 10.9. The number of aldehydes is 1. The van der Waals surface area contributed by atoms with E-state index in [2.05, 4.69) is 0 Å². The van der Waals surface area contributed by atoms with Crippen LogP contribution in [-0.4, -0.2) is 10.9 Å². The van der Waals surface area contributed by atoms with Crippen molar-refractivity contribution in [2.24, 2.45) is 7.05 Å². The summed E-state index contributed by atoms with van der Waals surface area (Å²) in [4.78, 5) is 10.8. The fourth-order valence-electron chi connectivity index (χ4n) is 1.87. The summed E-state index contributed by atoms with van der Waals surface area (Å²) in [5.74, 6) is -0.406. The van der Waals surface area contributed by atoms with Gasteiger partial charge in [0, 0.05) is 17.5 Å². The second kappa shape index (κ2) is 3.35. The van der Waals surface area contributed by atoms with Gasteiger partial charge in [0.1, 0.15) is 5.82 Å². The molecule has 0 aliphatic heterocycles. The zero-order valence-corrected chi connectivity index (χ0v) is 9.10. The van der Waals surface area contributed by atoms with Crippen LogP contribution in [0, 0.1) is 12.7 Å². The highest BCUT2D eigenvalue weighted by molar-refractivity contribution is 6.31. The third-order valence-electron chi connectivity index (χ3n) is 2.62. The molecule has 0 N–H and O–H groups in total. The standard InChI is InChI=1S/C11H9ClFNO/c1-6-8-3-7(12)4-9(13)11(8)14(2)10(6)5-15/h3-5H,1-2H3. The molecule has 0 amide bonds. The molecule has 4 heteroatoms. The van der Waals surface area contributed by atoms with Crippen LogP contribution in [0.5, 0.6) is 0 Å². The number of benzene rings is 1. The van der Waals surface area contributed by atoms with E-state index in [1.807, 2.05) is 0 Å². The third kappa shape index (κ3) is 1.35. The Bertz CT molecular complexity index is 559. The highest BCUT2D eigenvalue weighted by atomic mass is 35.5. The van der Waals surface area contributed by atoms with Crippen LogP contribution in [0.4, 0.5) is 4.39 Å². The van der Waals surface area contributed by atoms with Gasteiger partial charge in [0.2, 0.25) is 0 Å². The second-order valence-corrected chi connectivity index (χ2v) is 3.91. The van der Waals surface area contributed by atoms with Crippen LogP contribution < -0.4 is 0 Å². The molecule has 0 saturated heterocycles. The van der Waals surface area contributed by atoms with E-state index in [0.717, 1.165) is 11.8 Å². The van der Waals surface area contributed by atoms with E-state index < -0.39 is 5.82 Å². The quantitative estimate of drug-likeness (QED) is 0.684. The van der Waals surface area contributed by atoms with Gasteiger partial charge in [-0.15, -0.1) is 0 Å². The van der Waals surface area contributed by atoms with Gasteiger partial charge in [0.25, 0.3) is 0 Å². The average molecular weight is 226 g/mol. The molecule has 15 heavy (non-hydrogen) atoms. The maximum Gasteiger partial charge on any atom is 0.166 e. The lowest BCUT2D eigenvalue weighted by molar-refractivity contribution is 0.111. The Morgan fingerprint density at radius 2 is 2.13 bits per heavy atom. The molecule has 0 saturated carbocycles. The minimum absolute atomic E-state index is 0.339. The van der Waals surface area contributed by atoms with Gasteiger partial charge in [0.05, 0.1) is 11.2 Å². The maximum atomic E-state index is 13.6. The lowest BCUT2D eigenvalue weighted by Gasteiger charge is -1.99. The highest BCUT2D eigenvalue weighted by Crippen LogP contribution is 2.28. The molecule has 0 unspecified atom stereocenters. The first-order valence-electron chi connectivity index (χ1n) is 4.45. The summed E-state index contributed by atoms with van der Waals surface area (Å²) in [5.41, 5.74) is 1.65. The SMILES string of the molecule is Cc1c(C=O)n(C)c2c(F)cc(Cl)cc12. The second-order valence-electron chi connectivity index (χ2n) is 3.47. The molecular formula is C11H9ClFNO. The minimum Gasteiger partial charge on any atom is -0.339 e. The molecule has 2 aromatic rings. The number of nitrogens with zero attached hydrogens (tertiary/aromatic N) is 1. The first kappa shape index (κ1) is 10.2. The number of hydrogen-bond donors (Lipinski definition) is 0. The van der Waals surface area contributed by atoms with Gasteiger partial charge in [-0.3, -0.25) is 4.79 Å². The molecule has 0 spiro atoms. The van der Waals surface area contributed by atoms with Gasteiger partial charge in [-0.25, -0.2) is 4.39 Å². The van der Waals surface area contributed by atoms with E-state index in [-0.39, 0.29) is 0 Å². The Morgan fingerprint density at radius 3 is 2.73 bits per heavy atom. The molecular weight excluding hydrogens is 217 g/mol. The molecule has 0 fully saturated rings. The molecule has 2 rings (SSSR count). The molecule has 0 bridgehead atoms. The number of rotatable bonds is 1. The Labute approximate surface area is 91.3 Å². The van der Waals surface area contributed by atoms with Crippen molar-refractivity contribution in [1.29, 1.82) is 0 Å². The van der Waals surface area contributed by atoms with Crippen LogP contribution in [0.25, 0.3) is 10.9 Å². The van der Waals surface area contributed by atoms with Crippen molar-refractivity contribution in [3.8, 4) is 0 Å². The Balaban J connectivity index is 3.01. The number of aryl methyl sites for hydroxylation is 2. The molecule has 1 aromatic carbocycles. The van der Waals surface area contributed by atoms with E-state index in [1.165, 1.54) is 6.07 Å². The van der Waals surface area contributed by atoms with Crippen LogP contribution in [0.3, 0.4) is 0 Å². The van der Waals surface area contributed by atoms with Crippen molar-refractivity contribution in [1.82, 2.24) is 4.57 Å². The van der Waals surface area contributed by atoms with E-state index in [4.69, 9.17) is 11.6 Å². The monoisotopic (exact) mass is 225 g/mol. The minimum atomic E-state index is -0.406. The smallest absolute Gasteiger partial charge is 0.166 e. The summed E-state index contributed by atoms with van der Waals surface area (Å²) < 4.78 is 15.2. The van der Waals surface area contributed by atoms with E-state index in [0.29, 0.717) is 21.6 Å². The summed E-state index contributed by atoms with van der Waals surface area (Å²) in [6.45, 7) is 1.78. The topological polar surface area (TPSA) is 22.0 Å². The Kier molecular flexibility index (Phi) is 2.27. The summed E-state index contributed by atoms with van der Waals surface area (Å²) in [6, 6.07) is 2.92. The van der Waals surface area contributed by atoms with Crippen molar-refractivity contribution in [2.45, 2.75) is 6.92 Å². The Hall–Kier alpha value is -1.35. The van der Waals surface area contributed by atoms with Crippen LogP contribution >= 0.6 is 11.6 Å². The van der Waals surface area contributed by atoms with E-state index >= 15 is 0 Å². The van der Waals surface area contributed by atoms with E-state index in [9.17, 15) is 9.18 Å². The van der Waals surface area contributed by atoms with Crippen LogP contribution in [0.2, 0.25) is 5.02 Å². The van der Waals surface area contributed by atoms with Crippen molar-refractivity contribution < 1.29 is 9.18 Å². The Morgan fingerprint density at radius 1 is 1.47 bits per heavy atom. The molecule has 1 aromatic heterocycles. The van der Waals surface area contributed by atoms with Crippen molar-refractivity contribution in [3.63, 3.8) is 0 Å². The number of halogens is 2. The number of hydrogen-bond acceptors (Lipinski definition) is 1. The molecule has 2 nitrogen and oxygen atoms in total. The molecule has 0 aliphatic rings. The van der Waals surface area contributed by atoms with Gasteiger partial charge in [0.15, 0.2) is 6.29 Å². The van der Waals surface area contributed by atoms with Crippen molar-refractivity contribution in [3.05, 3.63) is 34.2 Å². The van der Waals surface area contributed by atoms with E-state index in [1.54, 1.807) is 24.6 Å². The summed E-state index contributed by atoms with van der Waals surface area (Å²) in [7, 11) is 1.66. The molecule has 1 heterocycles.